The van der Waals surface area contributed by atoms with Gasteiger partial charge in [0.15, 0.2) is 0 Å². The Hall–Kier alpha value is -2.33. The largest absolute Gasteiger partial charge is 0.489 e. The van der Waals surface area contributed by atoms with Crippen molar-refractivity contribution in [3.05, 3.63) is 65.7 Å². The maximum Gasteiger partial charge on any atom is 0.226 e. The molecule has 0 bridgehead atoms. The maximum atomic E-state index is 12.8. The number of hydrogen-bond donors (Lipinski definition) is 1. The smallest absolute Gasteiger partial charge is 0.226 e. The molecule has 0 radical (unpaired) electrons. The summed E-state index contributed by atoms with van der Waals surface area (Å²) in [6.07, 6.45) is 1.99. The van der Waals surface area contributed by atoms with Gasteiger partial charge >= 0.3 is 0 Å². The van der Waals surface area contributed by atoms with E-state index in [0.29, 0.717) is 36.9 Å². The van der Waals surface area contributed by atoms with E-state index in [0.717, 1.165) is 30.7 Å². The first-order valence-corrected chi connectivity index (χ1v) is 9.93. The average Bonchev–Trinajstić information content (AvgIpc) is 3.42. The molecule has 0 spiro atoms. The molecule has 1 heterocycles. The monoisotopic (exact) mass is 364 g/mol. The Morgan fingerprint density at radius 3 is 2.52 bits per heavy atom. The molecule has 1 aliphatic heterocycles. The number of carbonyl (C=O) groups excluding carboxylic acids is 1. The van der Waals surface area contributed by atoms with Crippen LogP contribution >= 0.6 is 0 Å². The summed E-state index contributed by atoms with van der Waals surface area (Å²) in [7, 11) is 0. The highest BCUT2D eigenvalue weighted by atomic mass is 16.5. The third kappa shape index (κ3) is 4.01. The molecule has 1 saturated carbocycles. The van der Waals surface area contributed by atoms with E-state index in [1.807, 2.05) is 30.3 Å². The van der Waals surface area contributed by atoms with Crippen molar-refractivity contribution in [1.82, 2.24) is 4.90 Å². The van der Waals surface area contributed by atoms with Gasteiger partial charge in [0.1, 0.15) is 12.4 Å². The highest BCUT2D eigenvalue weighted by Gasteiger charge is 2.47. The van der Waals surface area contributed by atoms with Crippen LogP contribution in [0.2, 0.25) is 0 Å². The second-order valence-corrected chi connectivity index (χ2v) is 7.97. The molecule has 1 saturated heterocycles. The second-order valence-electron chi connectivity index (χ2n) is 7.97. The lowest BCUT2D eigenvalue weighted by Gasteiger charge is -2.21. The highest BCUT2D eigenvalue weighted by Crippen LogP contribution is 2.49. The maximum absolute atomic E-state index is 12.8. The van der Waals surface area contributed by atoms with E-state index in [1.165, 1.54) is 5.56 Å². The molecule has 27 heavy (non-hydrogen) atoms. The van der Waals surface area contributed by atoms with E-state index in [2.05, 4.69) is 36.1 Å². The minimum absolute atomic E-state index is 0.139. The van der Waals surface area contributed by atoms with Gasteiger partial charge in [-0.3, -0.25) is 4.79 Å². The van der Waals surface area contributed by atoms with Crippen LogP contribution in [0.15, 0.2) is 54.6 Å². The van der Waals surface area contributed by atoms with Gasteiger partial charge in [-0.05, 0) is 61.4 Å². The molecule has 142 valence electrons. The first-order chi connectivity index (χ1) is 13.2. The van der Waals surface area contributed by atoms with Gasteiger partial charge in [-0.25, -0.2) is 0 Å². The van der Waals surface area contributed by atoms with Gasteiger partial charge in [0.25, 0.3) is 0 Å². The van der Waals surface area contributed by atoms with E-state index >= 15 is 0 Å². The lowest BCUT2D eigenvalue weighted by atomic mass is 10.1. The fraction of sp³-hybridized carbons (Fsp3) is 0.435. The van der Waals surface area contributed by atoms with Gasteiger partial charge < -0.3 is 15.4 Å². The molecule has 4 unspecified atom stereocenters. The van der Waals surface area contributed by atoms with Crippen LogP contribution in [-0.2, 0) is 11.4 Å². The molecular weight excluding hydrogens is 336 g/mol. The van der Waals surface area contributed by atoms with Crippen LogP contribution in [0, 0.1) is 11.8 Å². The number of nitrogens with zero attached hydrogens (tertiary/aromatic N) is 1. The normalized spacial score (nSPS) is 26.8. The van der Waals surface area contributed by atoms with Crippen molar-refractivity contribution in [2.24, 2.45) is 17.6 Å². The van der Waals surface area contributed by atoms with Gasteiger partial charge in [0, 0.05) is 18.5 Å². The average molecular weight is 364 g/mol. The summed E-state index contributed by atoms with van der Waals surface area (Å²) >= 11 is 0. The number of ether oxygens (including phenoxy) is 1. The lowest BCUT2D eigenvalue weighted by Crippen LogP contribution is -2.35. The van der Waals surface area contributed by atoms with Crippen LogP contribution in [0.4, 0.5) is 0 Å². The molecule has 1 amide bonds. The summed E-state index contributed by atoms with van der Waals surface area (Å²) < 4.78 is 5.85. The number of hydrogen-bond acceptors (Lipinski definition) is 3. The fourth-order valence-corrected chi connectivity index (χ4v) is 4.22. The zero-order valence-corrected chi connectivity index (χ0v) is 15.9. The Morgan fingerprint density at radius 1 is 1.11 bits per heavy atom. The van der Waals surface area contributed by atoms with Crippen molar-refractivity contribution >= 4 is 5.91 Å². The van der Waals surface area contributed by atoms with Crippen molar-refractivity contribution in [2.75, 3.05) is 13.1 Å². The molecule has 2 aromatic carbocycles. The molecule has 2 N–H and O–H groups in total. The van der Waals surface area contributed by atoms with Crippen molar-refractivity contribution in [2.45, 2.75) is 38.3 Å². The topological polar surface area (TPSA) is 55.6 Å². The van der Waals surface area contributed by atoms with Gasteiger partial charge in [-0.15, -0.1) is 0 Å². The Bertz CT molecular complexity index is 775. The van der Waals surface area contributed by atoms with Crippen molar-refractivity contribution in [3.63, 3.8) is 0 Å². The van der Waals surface area contributed by atoms with E-state index in [9.17, 15) is 4.79 Å². The standard InChI is InChI=1S/C23H28N2O2/c1-16-11-18(13-24)14-25(16)23(26)22-12-21(22)19-7-9-20(10-8-19)27-15-17-5-3-2-4-6-17/h2-10,16,18,21-22H,11-15,24H2,1H3. The number of rotatable bonds is 6. The molecule has 1 aliphatic carbocycles. The summed E-state index contributed by atoms with van der Waals surface area (Å²) in [6, 6.07) is 18.7. The van der Waals surface area contributed by atoms with E-state index in [4.69, 9.17) is 10.5 Å². The summed E-state index contributed by atoms with van der Waals surface area (Å²) in [5.74, 6) is 2.13. The quantitative estimate of drug-likeness (QED) is 0.853. The first kappa shape index (κ1) is 18.1. The van der Waals surface area contributed by atoms with E-state index in [-0.39, 0.29) is 5.92 Å². The van der Waals surface area contributed by atoms with Crippen LogP contribution in [-0.4, -0.2) is 29.9 Å². The number of benzene rings is 2. The third-order valence-electron chi connectivity index (χ3n) is 5.94. The third-order valence-corrected chi connectivity index (χ3v) is 5.94. The molecule has 2 aromatic rings. The molecule has 0 aromatic heterocycles. The number of carbonyl (C=O) groups is 1. The van der Waals surface area contributed by atoms with Crippen LogP contribution < -0.4 is 10.5 Å². The van der Waals surface area contributed by atoms with Crippen LogP contribution in [0.1, 0.15) is 36.8 Å². The zero-order chi connectivity index (χ0) is 18.8. The zero-order valence-electron chi connectivity index (χ0n) is 15.9. The van der Waals surface area contributed by atoms with Crippen molar-refractivity contribution in [1.29, 1.82) is 0 Å². The molecule has 4 atom stereocenters. The van der Waals surface area contributed by atoms with Crippen molar-refractivity contribution < 1.29 is 9.53 Å². The second kappa shape index (κ2) is 7.73. The number of likely N-dealkylation sites (tertiary alicyclic amines) is 1. The van der Waals surface area contributed by atoms with Crippen LogP contribution in [0.3, 0.4) is 0 Å². The summed E-state index contributed by atoms with van der Waals surface area (Å²) in [5, 5.41) is 0. The molecule has 4 rings (SSSR count). The van der Waals surface area contributed by atoms with Crippen LogP contribution in [0.5, 0.6) is 5.75 Å². The Kier molecular flexibility index (Phi) is 5.17. The summed E-state index contributed by atoms with van der Waals surface area (Å²) in [4.78, 5) is 14.9. The number of amides is 1. The number of nitrogens with two attached hydrogens (primary N) is 1. The summed E-state index contributed by atoms with van der Waals surface area (Å²) in [5.41, 5.74) is 8.19. The molecule has 2 aliphatic rings. The Labute approximate surface area is 161 Å². The van der Waals surface area contributed by atoms with Gasteiger partial charge in [-0.2, -0.15) is 0 Å². The van der Waals surface area contributed by atoms with Crippen LogP contribution in [0.25, 0.3) is 0 Å². The molecule has 4 nitrogen and oxygen atoms in total. The molecular formula is C23H28N2O2. The fourth-order valence-electron chi connectivity index (χ4n) is 4.22. The minimum atomic E-state index is 0.139. The minimum Gasteiger partial charge on any atom is -0.489 e. The summed E-state index contributed by atoms with van der Waals surface area (Å²) in [6.45, 7) is 4.21. The Morgan fingerprint density at radius 2 is 1.85 bits per heavy atom. The van der Waals surface area contributed by atoms with Gasteiger partial charge in [-0.1, -0.05) is 42.5 Å². The predicted octanol–water partition coefficient (Wildman–Crippen LogP) is 3.56. The van der Waals surface area contributed by atoms with Gasteiger partial charge in [0.05, 0.1) is 0 Å². The lowest BCUT2D eigenvalue weighted by molar-refractivity contribution is -0.133. The van der Waals surface area contributed by atoms with E-state index in [1.54, 1.807) is 0 Å². The SMILES string of the molecule is CC1CC(CN)CN1C(=O)C1CC1c1ccc(OCc2ccccc2)cc1. The molecule has 2 fully saturated rings. The molecule has 4 heteroatoms. The first-order valence-electron chi connectivity index (χ1n) is 9.93. The predicted molar refractivity (Wildman–Crippen MR) is 106 cm³/mol. The van der Waals surface area contributed by atoms with Gasteiger partial charge in [0.2, 0.25) is 5.91 Å². The Balaban J connectivity index is 1.32. The van der Waals surface area contributed by atoms with Crippen molar-refractivity contribution in [3.8, 4) is 5.75 Å². The highest BCUT2D eigenvalue weighted by molar-refractivity contribution is 5.83. The van der Waals surface area contributed by atoms with E-state index < -0.39 is 0 Å².